The van der Waals surface area contributed by atoms with Crippen LogP contribution in [0, 0.1) is 55.9 Å². The van der Waals surface area contributed by atoms with E-state index in [1.54, 1.807) is 0 Å². The zero-order chi connectivity index (χ0) is 18.9. The van der Waals surface area contributed by atoms with E-state index < -0.39 is 16.3 Å². The number of benzene rings is 1. The van der Waals surface area contributed by atoms with Crippen molar-refractivity contribution in [1.29, 1.82) is 15.8 Å². The van der Waals surface area contributed by atoms with Crippen LogP contribution < -0.4 is 5.73 Å². The Hall–Kier alpha value is -3.63. The lowest BCUT2D eigenvalue weighted by Gasteiger charge is -2.43. The highest BCUT2D eigenvalue weighted by Crippen LogP contribution is 2.52. The van der Waals surface area contributed by atoms with Gasteiger partial charge in [-0.2, -0.15) is 15.8 Å². The van der Waals surface area contributed by atoms with Crippen molar-refractivity contribution in [1.82, 2.24) is 0 Å². The minimum atomic E-state index is -1.51. The molecule has 0 aliphatic heterocycles. The van der Waals surface area contributed by atoms with Gasteiger partial charge in [0.25, 0.3) is 5.69 Å². The van der Waals surface area contributed by atoms with Crippen LogP contribution >= 0.6 is 0 Å². The number of nitrogens with two attached hydrogens (primary N) is 1. The first-order valence-corrected chi connectivity index (χ1v) is 8.17. The molecule has 26 heavy (non-hydrogen) atoms. The molecule has 0 saturated heterocycles. The molecule has 2 aliphatic carbocycles. The number of fused-ring (bicyclic) bond motifs is 1. The Kier molecular flexibility index (Phi) is 4.20. The van der Waals surface area contributed by atoms with Crippen LogP contribution in [-0.4, -0.2) is 4.92 Å². The van der Waals surface area contributed by atoms with Crippen LogP contribution in [0.25, 0.3) is 0 Å². The van der Waals surface area contributed by atoms with Crippen molar-refractivity contribution < 1.29 is 4.92 Å². The van der Waals surface area contributed by atoms with Crippen LogP contribution in [0.15, 0.2) is 47.2 Å². The molecule has 2 N–H and O–H groups in total. The summed E-state index contributed by atoms with van der Waals surface area (Å²) in [7, 11) is 0. The summed E-state index contributed by atoms with van der Waals surface area (Å²) in [5, 5.41) is 40.5. The van der Waals surface area contributed by atoms with E-state index in [1.165, 1.54) is 24.3 Å². The third-order valence-electron chi connectivity index (χ3n) is 5.30. The molecule has 0 heterocycles. The highest BCUT2D eigenvalue weighted by molar-refractivity contribution is 5.61. The molecule has 7 heteroatoms. The molecule has 3 rings (SSSR count). The average molecular weight is 345 g/mol. The highest BCUT2D eigenvalue weighted by atomic mass is 16.6. The van der Waals surface area contributed by atoms with Crippen LogP contribution in [0.2, 0.25) is 0 Å². The zero-order valence-electron chi connectivity index (χ0n) is 13.8. The number of hydrogen-bond acceptors (Lipinski definition) is 6. The predicted molar refractivity (Wildman–Crippen MR) is 91.7 cm³/mol. The molecule has 0 unspecified atom stereocenters. The summed E-state index contributed by atoms with van der Waals surface area (Å²) in [4.78, 5) is 10.4. The second kappa shape index (κ2) is 6.35. The number of hydrogen-bond donors (Lipinski definition) is 1. The van der Waals surface area contributed by atoms with E-state index in [4.69, 9.17) is 5.73 Å². The van der Waals surface area contributed by atoms with E-state index in [0.717, 1.165) is 18.4 Å². The van der Waals surface area contributed by atoms with Crippen LogP contribution in [0.1, 0.15) is 24.8 Å². The Morgan fingerprint density at radius 2 is 1.92 bits per heavy atom. The Morgan fingerprint density at radius 3 is 2.46 bits per heavy atom. The first-order valence-electron chi connectivity index (χ1n) is 8.17. The number of nitriles is 3. The molecule has 0 aromatic heterocycles. The van der Waals surface area contributed by atoms with E-state index in [9.17, 15) is 25.9 Å². The molecule has 128 valence electrons. The lowest BCUT2D eigenvalue weighted by molar-refractivity contribution is -0.384. The fourth-order valence-electron chi connectivity index (χ4n) is 4.04. The zero-order valence-corrected chi connectivity index (χ0v) is 13.8. The summed E-state index contributed by atoms with van der Waals surface area (Å²) in [6.07, 6.45) is 4.30. The van der Waals surface area contributed by atoms with Gasteiger partial charge in [0.15, 0.2) is 0 Å². The fourth-order valence-corrected chi connectivity index (χ4v) is 4.04. The number of nitro groups is 1. The molecular formula is C19H15N5O2. The summed E-state index contributed by atoms with van der Waals surface area (Å²) < 4.78 is 0. The summed E-state index contributed by atoms with van der Waals surface area (Å²) in [6.45, 7) is 0. The minimum absolute atomic E-state index is 0.0484. The summed E-state index contributed by atoms with van der Waals surface area (Å²) in [5.74, 6) is -1.02. The van der Waals surface area contributed by atoms with Crippen molar-refractivity contribution in [2.24, 2.45) is 17.6 Å². The van der Waals surface area contributed by atoms with Crippen molar-refractivity contribution >= 4 is 5.69 Å². The number of allylic oxidation sites excluding steroid dienone is 4. The van der Waals surface area contributed by atoms with E-state index in [0.29, 0.717) is 12.0 Å². The van der Waals surface area contributed by atoms with Gasteiger partial charge in [-0.25, -0.2) is 0 Å². The van der Waals surface area contributed by atoms with Crippen molar-refractivity contribution in [2.75, 3.05) is 0 Å². The van der Waals surface area contributed by atoms with Gasteiger partial charge in [0.1, 0.15) is 11.5 Å². The van der Waals surface area contributed by atoms with Gasteiger partial charge >= 0.3 is 0 Å². The molecule has 1 aromatic carbocycles. The van der Waals surface area contributed by atoms with Crippen molar-refractivity contribution in [3.8, 4) is 18.2 Å². The standard InChI is InChI=1S/C19H15N5O2/c20-9-16-14-3-1-2-4-15(14)17(10-21)19(11-22,18(16)23)12-5-7-13(8-6-12)24(25)26/h3,5-8,15,17H,1-2,4,23H2/t15-,17+,19+/m0/s1. The lowest BCUT2D eigenvalue weighted by atomic mass is 9.56. The maximum Gasteiger partial charge on any atom is 0.269 e. The first-order chi connectivity index (χ1) is 12.5. The van der Waals surface area contributed by atoms with Gasteiger partial charge in [0.2, 0.25) is 0 Å². The topological polar surface area (TPSA) is 141 Å². The number of nitrogens with zero attached hydrogens (tertiary/aromatic N) is 4. The third kappa shape index (κ3) is 2.24. The van der Waals surface area contributed by atoms with E-state index >= 15 is 0 Å². The van der Waals surface area contributed by atoms with Crippen molar-refractivity contribution in [3.05, 3.63) is 62.9 Å². The smallest absolute Gasteiger partial charge is 0.269 e. The van der Waals surface area contributed by atoms with Gasteiger partial charge in [-0.3, -0.25) is 10.1 Å². The molecule has 3 atom stereocenters. The molecule has 0 saturated carbocycles. The summed E-state index contributed by atoms with van der Waals surface area (Å²) in [6, 6.07) is 12.0. The van der Waals surface area contributed by atoms with Crippen LogP contribution in [0.3, 0.4) is 0 Å². The Morgan fingerprint density at radius 1 is 1.23 bits per heavy atom. The highest BCUT2D eigenvalue weighted by Gasteiger charge is 2.54. The van der Waals surface area contributed by atoms with E-state index in [-0.39, 0.29) is 22.9 Å². The monoisotopic (exact) mass is 345 g/mol. The fraction of sp³-hybridized carbons (Fsp3) is 0.316. The molecule has 1 aromatic rings. The second-order valence-electron chi connectivity index (χ2n) is 6.43. The molecule has 0 amide bonds. The van der Waals surface area contributed by atoms with E-state index in [2.05, 4.69) is 18.2 Å². The lowest BCUT2D eigenvalue weighted by Crippen LogP contribution is -2.47. The number of non-ortho nitro benzene ring substituents is 1. The van der Waals surface area contributed by atoms with Crippen molar-refractivity contribution in [2.45, 2.75) is 24.7 Å². The number of rotatable bonds is 2. The average Bonchev–Trinajstić information content (AvgIpc) is 2.67. The van der Waals surface area contributed by atoms with Gasteiger partial charge in [-0.05, 0) is 30.4 Å². The Bertz CT molecular complexity index is 956. The first kappa shape index (κ1) is 17.2. The van der Waals surface area contributed by atoms with Crippen molar-refractivity contribution in [3.63, 3.8) is 0 Å². The normalized spacial score (nSPS) is 27.3. The molecule has 0 radical (unpaired) electrons. The maximum atomic E-state index is 10.9. The summed E-state index contributed by atoms with van der Waals surface area (Å²) in [5.41, 5.74) is 6.11. The quantitative estimate of drug-likeness (QED) is 0.645. The third-order valence-corrected chi connectivity index (χ3v) is 5.30. The van der Waals surface area contributed by atoms with Crippen LogP contribution in [0.4, 0.5) is 5.69 Å². The predicted octanol–water partition coefficient (Wildman–Crippen LogP) is 2.97. The van der Waals surface area contributed by atoms with Gasteiger partial charge in [0.05, 0.1) is 34.2 Å². The minimum Gasteiger partial charge on any atom is -0.399 e. The van der Waals surface area contributed by atoms with Crippen LogP contribution in [0.5, 0.6) is 0 Å². The molecule has 0 bridgehead atoms. The molecular weight excluding hydrogens is 330 g/mol. The van der Waals surface area contributed by atoms with Gasteiger partial charge < -0.3 is 5.73 Å². The SMILES string of the molecule is N#CC1=C(N)[C@](C#N)(c2ccc([N+](=O)[O-])cc2)[C@H](C#N)[C@H]2CCCC=C12. The van der Waals surface area contributed by atoms with E-state index in [1.807, 2.05) is 6.08 Å². The largest absolute Gasteiger partial charge is 0.399 e. The van der Waals surface area contributed by atoms with Gasteiger partial charge in [-0.15, -0.1) is 0 Å². The molecule has 0 fully saturated rings. The van der Waals surface area contributed by atoms with Crippen LogP contribution in [-0.2, 0) is 5.41 Å². The molecule has 7 nitrogen and oxygen atoms in total. The van der Waals surface area contributed by atoms with Gasteiger partial charge in [0, 0.05) is 18.1 Å². The Labute approximate surface area is 150 Å². The molecule has 0 spiro atoms. The Balaban J connectivity index is 2.30. The maximum absolute atomic E-state index is 10.9. The molecule has 2 aliphatic rings. The second-order valence-corrected chi connectivity index (χ2v) is 6.43. The summed E-state index contributed by atoms with van der Waals surface area (Å²) >= 11 is 0. The van der Waals surface area contributed by atoms with Gasteiger partial charge in [-0.1, -0.05) is 18.2 Å². The number of nitro benzene ring substituents is 1.